The molecule has 0 spiro atoms. The van der Waals surface area contributed by atoms with Gasteiger partial charge in [0.05, 0.1) is 0 Å². The van der Waals surface area contributed by atoms with Gasteiger partial charge in [-0.25, -0.2) is 0 Å². The molecule has 0 saturated carbocycles. The summed E-state index contributed by atoms with van der Waals surface area (Å²) in [6.45, 7) is 0. The average molecular weight is 614 g/mol. The summed E-state index contributed by atoms with van der Waals surface area (Å²) in [5.74, 6) is 0. The molecule has 2 heteroatoms. The molecule has 0 saturated heterocycles. The Labute approximate surface area is 279 Å². The molecule has 1 aromatic heterocycles. The predicted molar refractivity (Wildman–Crippen MR) is 202 cm³/mol. The third-order valence-electron chi connectivity index (χ3n) is 9.25. The Morgan fingerprint density at radius 3 is 1.79 bits per heavy atom. The van der Waals surface area contributed by atoms with Gasteiger partial charge in [0.2, 0.25) is 0 Å². The number of anilines is 3. The second-order valence-electron chi connectivity index (χ2n) is 12.2. The van der Waals surface area contributed by atoms with Gasteiger partial charge in [0.25, 0.3) is 0 Å². The number of hydrogen-bond acceptors (Lipinski definition) is 2. The molecule has 8 aromatic carbocycles. The monoisotopic (exact) mass is 613 g/mol. The fourth-order valence-corrected chi connectivity index (χ4v) is 7.00. The normalized spacial score (nSPS) is 11.3. The lowest BCUT2D eigenvalue weighted by Gasteiger charge is -2.26. The number of hydrogen-bond donors (Lipinski definition) is 0. The van der Waals surface area contributed by atoms with Gasteiger partial charge in [0.15, 0.2) is 0 Å². The number of furan rings is 1. The predicted octanol–water partition coefficient (Wildman–Crippen LogP) is 13.2. The smallest absolute Gasteiger partial charge is 0.136 e. The van der Waals surface area contributed by atoms with Crippen LogP contribution in [0.25, 0.3) is 66.1 Å². The highest BCUT2D eigenvalue weighted by Crippen LogP contribution is 2.40. The van der Waals surface area contributed by atoms with E-state index >= 15 is 0 Å². The van der Waals surface area contributed by atoms with Crippen molar-refractivity contribution in [2.75, 3.05) is 4.90 Å². The standard InChI is InChI=1S/C46H31NO/c1-2-17-37(18-3-1)47(38-28-26-33(27-29-38)42-23-11-25-45-46(42)43-21-6-7-24-44(43)48-45)39-19-9-15-35(31-39)34-14-8-16-36(30-34)41-22-10-13-32-12-4-5-20-40(32)41/h1-31H. The first kappa shape index (κ1) is 27.9. The number of benzene rings is 8. The van der Waals surface area contributed by atoms with Crippen molar-refractivity contribution in [2.45, 2.75) is 0 Å². The first-order chi connectivity index (χ1) is 23.8. The Hall–Kier alpha value is -6.38. The van der Waals surface area contributed by atoms with E-state index in [4.69, 9.17) is 4.42 Å². The van der Waals surface area contributed by atoms with Crippen LogP contribution in [-0.2, 0) is 0 Å². The van der Waals surface area contributed by atoms with Gasteiger partial charge in [0.1, 0.15) is 11.2 Å². The van der Waals surface area contributed by atoms with Crippen molar-refractivity contribution in [1.82, 2.24) is 0 Å². The minimum atomic E-state index is 0.907. The number of nitrogens with zero attached hydrogens (tertiary/aromatic N) is 1. The van der Waals surface area contributed by atoms with Crippen molar-refractivity contribution < 1.29 is 4.42 Å². The molecule has 9 rings (SSSR count). The van der Waals surface area contributed by atoms with Crippen LogP contribution in [0.5, 0.6) is 0 Å². The van der Waals surface area contributed by atoms with E-state index in [1.54, 1.807) is 0 Å². The second kappa shape index (κ2) is 11.8. The summed E-state index contributed by atoms with van der Waals surface area (Å²) < 4.78 is 6.18. The van der Waals surface area contributed by atoms with Gasteiger partial charge < -0.3 is 9.32 Å². The van der Waals surface area contributed by atoms with Crippen LogP contribution in [0.15, 0.2) is 192 Å². The van der Waals surface area contributed by atoms with Crippen LogP contribution in [-0.4, -0.2) is 0 Å². The highest BCUT2D eigenvalue weighted by molar-refractivity contribution is 6.12. The molecule has 0 aliphatic rings. The van der Waals surface area contributed by atoms with E-state index in [-0.39, 0.29) is 0 Å². The van der Waals surface area contributed by atoms with Gasteiger partial charge in [-0.1, -0.05) is 133 Å². The van der Waals surface area contributed by atoms with Gasteiger partial charge in [-0.05, 0) is 98.8 Å². The minimum Gasteiger partial charge on any atom is -0.456 e. The average Bonchev–Trinajstić information content (AvgIpc) is 3.55. The third-order valence-corrected chi connectivity index (χ3v) is 9.25. The maximum absolute atomic E-state index is 6.18. The SMILES string of the molecule is c1ccc(N(c2ccc(-c3cccc4oc5ccccc5c34)cc2)c2cccc(-c3cccc(-c4cccc5ccccc45)c3)c2)cc1. The van der Waals surface area contributed by atoms with Crippen LogP contribution < -0.4 is 4.90 Å². The third kappa shape index (κ3) is 4.92. The molecule has 0 fully saturated rings. The van der Waals surface area contributed by atoms with Crippen molar-refractivity contribution in [2.24, 2.45) is 0 Å². The van der Waals surface area contributed by atoms with Crippen molar-refractivity contribution in [1.29, 1.82) is 0 Å². The summed E-state index contributed by atoms with van der Waals surface area (Å²) in [6.07, 6.45) is 0. The van der Waals surface area contributed by atoms with E-state index in [0.717, 1.165) is 44.6 Å². The van der Waals surface area contributed by atoms with Gasteiger partial charge in [0, 0.05) is 27.8 Å². The molecule has 2 nitrogen and oxygen atoms in total. The maximum atomic E-state index is 6.18. The van der Waals surface area contributed by atoms with Crippen LogP contribution in [0, 0.1) is 0 Å². The van der Waals surface area contributed by atoms with E-state index in [2.05, 4.69) is 181 Å². The zero-order valence-corrected chi connectivity index (χ0v) is 26.3. The summed E-state index contributed by atoms with van der Waals surface area (Å²) in [5.41, 5.74) is 12.3. The molecule has 0 unspecified atom stereocenters. The van der Waals surface area contributed by atoms with E-state index in [1.165, 1.54) is 38.6 Å². The minimum absolute atomic E-state index is 0.907. The fraction of sp³-hybridized carbons (Fsp3) is 0. The molecule has 0 atom stereocenters. The molecule has 0 N–H and O–H groups in total. The largest absolute Gasteiger partial charge is 0.456 e. The van der Waals surface area contributed by atoms with Crippen molar-refractivity contribution >= 4 is 49.8 Å². The Morgan fingerprint density at radius 1 is 0.333 bits per heavy atom. The van der Waals surface area contributed by atoms with Crippen molar-refractivity contribution in [3.8, 4) is 33.4 Å². The summed E-state index contributed by atoms with van der Waals surface area (Å²) in [4.78, 5) is 2.33. The highest BCUT2D eigenvalue weighted by atomic mass is 16.3. The summed E-state index contributed by atoms with van der Waals surface area (Å²) in [7, 11) is 0. The molecule has 0 bridgehead atoms. The van der Waals surface area contributed by atoms with Crippen LogP contribution >= 0.6 is 0 Å². The molecular formula is C46H31NO. The topological polar surface area (TPSA) is 16.4 Å². The van der Waals surface area contributed by atoms with Crippen LogP contribution in [0.4, 0.5) is 17.1 Å². The number of para-hydroxylation sites is 2. The molecule has 9 aromatic rings. The Bertz CT molecular complexity index is 2560. The van der Waals surface area contributed by atoms with Crippen LogP contribution in [0.3, 0.4) is 0 Å². The van der Waals surface area contributed by atoms with E-state index < -0.39 is 0 Å². The summed E-state index contributed by atoms with van der Waals surface area (Å²) >= 11 is 0. The fourth-order valence-electron chi connectivity index (χ4n) is 7.00. The van der Waals surface area contributed by atoms with Gasteiger partial charge >= 0.3 is 0 Å². The first-order valence-corrected chi connectivity index (χ1v) is 16.3. The van der Waals surface area contributed by atoms with Crippen molar-refractivity contribution in [3.63, 3.8) is 0 Å². The van der Waals surface area contributed by atoms with E-state index in [1.807, 2.05) is 12.1 Å². The molecule has 0 amide bonds. The Kier molecular flexibility index (Phi) is 6.84. The Balaban J connectivity index is 1.11. The second-order valence-corrected chi connectivity index (χ2v) is 12.2. The van der Waals surface area contributed by atoms with E-state index in [9.17, 15) is 0 Å². The van der Waals surface area contributed by atoms with Gasteiger partial charge in [-0.3, -0.25) is 0 Å². The molecule has 0 radical (unpaired) electrons. The molecule has 0 aliphatic heterocycles. The van der Waals surface area contributed by atoms with Gasteiger partial charge in [-0.15, -0.1) is 0 Å². The molecule has 0 aliphatic carbocycles. The lowest BCUT2D eigenvalue weighted by molar-refractivity contribution is 0.669. The number of rotatable bonds is 6. The summed E-state index contributed by atoms with van der Waals surface area (Å²) in [5, 5.41) is 4.81. The van der Waals surface area contributed by atoms with Gasteiger partial charge in [-0.2, -0.15) is 0 Å². The lowest BCUT2D eigenvalue weighted by atomic mass is 9.95. The first-order valence-electron chi connectivity index (χ1n) is 16.3. The zero-order chi connectivity index (χ0) is 31.9. The Morgan fingerprint density at radius 2 is 0.917 bits per heavy atom. The van der Waals surface area contributed by atoms with Crippen LogP contribution in [0.2, 0.25) is 0 Å². The molecule has 48 heavy (non-hydrogen) atoms. The quantitative estimate of drug-likeness (QED) is 0.185. The maximum Gasteiger partial charge on any atom is 0.136 e. The van der Waals surface area contributed by atoms with Crippen LogP contribution in [0.1, 0.15) is 0 Å². The lowest BCUT2D eigenvalue weighted by Crippen LogP contribution is -2.09. The highest BCUT2D eigenvalue weighted by Gasteiger charge is 2.16. The molecule has 226 valence electrons. The number of fused-ring (bicyclic) bond motifs is 4. The zero-order valence-electron chi connectivity index (χ0n) is 26.3. The summed E-state index contributed by atoms with van der Waals surface area (Å²) in [6, 6.07) is 66.9. The van der Waals surface area contributed by atoms with E-state index in [0.29, 0.717) is 0 Å². The molecular weight excluding hydrogens is 583 g/mol. The van der Waals surface area contributed by atoms with Crippen molar-refractivity contribution in [3.05, 3.63) is 188 Å². The molecule has 1 heterocycles.